The number of aliphatic hydroxyl groups excluding tert-OH is 2. The Morgan fingerprint density at radius 2 is 1.81 bits per heavy atom. The fourth-order valence-electron chi connectivity index (χ4n) is 6.41. The number of aliphatic carboxylic acids is 1. The van der Waals surface area contributed by atoms with Crippen LogP contribution in [0.5, 0.6) is 17.2 Å². The zero-order chi connectivity index (χ0) is 34.5. The largest absolute Gasteiger partial charge is 0.507 e. The number of Topliss-reactive ketones (excluding diaryl/α,β-unsaturated/α-hetero) is 1. The van der Waals surface area contributed by atoms with Crippen LogP contribution in [0.4, 0.5) is 0 Å². The second-order valence-electron chi connectivity index (χ2n) is 11.8. The lowest BCUT2D eigenvalue weighted by Crippen LogP contribution is -2.56. The summed E-state index contributed by atoms with van der Waals surface area (Å²) in [6.45, 7) is 0.355. The average Bonchev–Trinajstić information content (AvgIpc) is 3.02. The van der Waals surface area contributed by atoms with Crippen LogP contribution in [0.2, 0.25) is 0 Å². The molecule has 1 saturated heterocycles. The highest BCUT2D eigenvalue weighted by molar-refractivity contribution is 6.31. The van der Waals surface area contributed by atoms with E-state index in [4.69, 9.17) is 25.1 Å². The van der Waals surface area contributed by atoms with Gasteiger partial charge in [-0.05, 0) is 13.0 Å². The highest BCUT2D eigenvalue weighted by Crippen LogP contribution is 2.52. The SMILES string of the molecule is COc1cccc2c1C(=O)c1c(O)c3c(c(O)c1C2=O)C[C@@](O)(C(=O)CO)C[C@@H]3O[C@H]1C[C@H](NC(=O)C[C@H](N)C(=O)O)[C@H](O)[C@H](C)O1. The third-order valence-corrected chi connectivity index (χ3v) is 8.83. The Kier molecular flexibility index (Phi) is 9.11. The van der Waals surface area contributed by atoms with Crippen molar-refractivity contribution in [3.05, 3.63) is 51.6 Å². The third-order valence-electron chi connectivity index (χ3n) is 8.83. The zero-order valence-electron chi connectivity index (χ0n) is 25.3. The van der Waals surface area contributed by atoms with Crippen molar-refractivity contribution >= 4 is 29.2 Å². The molecule has 1 amide bonds. The fraction of sp³-hybridized carbons (Fsp3) is 0.452. The first-order valence-electron chi connectivity index (χ1n) is 14.6. The van der Waals surface area contributed by atoms with Crippen LogP contribution in [0, 0.1) is 0 Å². The summed E-state index contributed by atoms with van der Waals surface area (Å²) in [7, 11) is 1.29. The van der Waals surface area contributed by atoms with Crippen LogP contribution in [0.25, 0.3) is 0 Å². The molecule has 3 aliphatic rings. The van der Waals surface area contributed by atoms with Crippen LogP contribution in [0.1, 0.15) is 75.3 Å². The van der Waals surface area contributed by atoms with Crippen LogP contribution in [-0.2, 0) is 30.3 Å². The van der Waals surface area contributed by atoms with Crippen LogP contribution >= 0.6 is 0 Å². The predicted octanol–water partition coefficient (Wildman–Crippen LogP) is -1.04. The number of carbonyl (C=O) groups is 5. The Morgan fingerprint density at radius 3 is 2.45 bits per heavy atom. The molecule has 1 aliphatic heterocycles. The Labute approximate surface area is 266 Å². The number of phenols is 2. The van der Waals surface area contributed by atoms with Gasteiger partial charge in [0.2, 0.25) is 11.7 Å². The molecule has 2 aromatic carbocycles. The molecule has 9 N–H and O–H groups in total. The summed E-state index contributed by atoms with van der Waals surface area (Å²) < 4.78 is 17.1. The number of nitrogens with two attached hydrogens (primary N) is 1. The summed E-state index contributed by atoms with van der Waals surface area (Å²) in [5.74, 6) is -6.43. The van der Waals surface area contributed by atoms with Crippen LogP contribution in [-0.4, -0.2) is 110 Å². The number of fused-ring (bicyclic) bond motifs is 3. The van der Waals surface area contributed by atoms with Gasteiger partial charge in [0.05, 0.1) is 48.5 Å². The van der Waals surface area contributed by atoms with Gasteiger partial charge in [-0.15, -0.1) is 0 Å². The van der Waals surface area contributed by atoms with E-state index in [9.17, 15) is 49.5 Å². The number of hydrogen-bond donors (Lipinski definition) is 8. The fourth-order valence-corrected chi connectivity index (χ4v) is 6.41. The topological polar surface area (TPSA) is 272 Å². The van der Waals surface area contributed by atoms with Gasteiger partial charge < -0.3 is 55.9 Å². The maximum absolute atomic E-state index is 13.8. The van der Waals surface area contributed by atoms with Gasteiger partial charge in [0.25, 0.3) is 0 Å². The number of carboxylic acid groups (broad SMARTS) is 1. The Bertz CT molecular complexity index is 1670. The summed E-state index contributed by atoms with van der Waals surface area (Å²) in [6, 6.07) is 1.70. The highest BCUT2D eigenvalue weighted by Gasteiger charge is 2.50. The Hall–Kier alpha value is -4.45. The molecule has 0 aromatic heterocycles. The van der Waals surface area contributed by atoms with Gasteiger partial charge >= 0.3 is 5.97 Å². The Balaban J connectivity index is 1.56. The van der Waals surface area contributed by atoms with E-state index in [1.807, 2.05) is 0 Å². The van der Waals surface area contributed by atoms with E-state index >= 15 is 0 Å². The minimum absolute atomic E-state index is 0.0411. The number of nitrogens with one attached hydrogen (secondary N) is 1. The van der Waals surface area contributed by atoms with Crippen molar-refractivity contribution in [1.29, 1.82) is 0 Å². The lowest BCUT2D eigenvalue weighted by molar-refractivity contribution is -0.249. The molecule has 1 heterocycles. The zero-order valence-corrected chi connectivity index (χ0v) is 25.3. The van der Waals surface area contributed by atoms with Crippen molar-refractivity contribution in [2.75, 3.05) is 13.7 Å². The van der Waals surface area contributed by atoms with Gasteiger partial charge in [-0.25, -0.2) is 0 Å². The monoisotopic (exact) mass is 658 g/mol. The number of aromatic hydroxyl groups is 2. The van der Waals surface area contributed by atoms with Crippen LogP contribution in [0.15, 0.2) is 18.2 Å². The minimum atomic E-state index is -2.37. The number of amides is 1. The van der Waals surface area contributed by atoms with Gasteiger partial charge in [0.1, 0.15) is 41.6 Å². The lowest BCUT2D eigenvalue weighted by atomic mass is 9.72. The molecule has 0 bridgehead atoms. The number of carbonyl (C=O) groups excluding carboxylic acids is 4. The van der Waals surface area contributed by atoms with Gasteiger partial charge in [-0.2, -0.15) is 0 Å². The van der Waals surface area contributed by atoms with Crippen molar-refractivity contribution in [2.24, 2.45) is 5.73 Å². The number of ketones is 3. The van der Waals surface area contributed by atoms with Crippen molar-refractivity contribution < 1.29 is 68.8 Å². The van der Waals surface area contributed by atoms with E-state index < -0.39 is 120 Å². The second kappa shape index (κ2) is 12.6. The first-order chi connectivity index (χ1) is 22.1. The third kappa shape index (κ3) is 5.83. The van der Waals surface area contributed by atoms with E-state index in [0.717, 1.165) is 0 Å². The molecule has 2 aliphatic carbocycles. The molecule has 16 heteroatoms. The maximum atomic E-state index is 13.8. The normalized spacial score (nSPS) is 27.2. The van der Waals surface area contributed by atoms with E-state index in [2.05, 4.69) is 5.32 Å². The number of phenolic OH excluding ortho intramolecular Hbond substituents is 2. The molecule has 252 valence electrons. The van der Waals surface area contributed by atoms with Crippen molar-refractivity contribution in [3.63, 3.8) is 0 Å². The molecule has 47 heavy (non-hydrogen) atoms. The van der Waals surface area contributed by atoms with Gasteiger partial charge in [0, 0.05) is 36.0 Å². The highest BCUT2D eigenvalue weighted by atomic mass is 16.7. The molecule has 2 aromatic rings. The van der Waals surface area contributed by atoms with Crippen molar-refractivity contribution in [1.82, 2.24) is 5.32 Å². The summed E-state index contributed by atoms with van der Waals surface area (Å²) in [5.41, 5.74) is 1.19. The summed E-state index contributed by atoms with van der Waals surface area (Å²) in [6.07, 6.45) is -7.20. The standard InChI is InChI=1S/C31H34N2O14/c1-11-25(37)15(33-19(36)6-14(32)30(42)43)7-20(46-11)47-17-9-31(44,18(35)10-34)8-13-22(17)29(41)24-23(27(13)39)26(38)12-4-3-5-16(45-2)21(12)28(24)40/h3-5,11,14-15,17,20,25,34,37,39,41,44H,6-10,32H2,1-2H3,(H,33,36)(H,42,43)/t11-,14-,15-,17-,20-,25+,31-/m0/s1. The molecule has 1 fully saturated rings. The van der Waals surface area contributed by atoms with Crippen LogP contribution in [0.3, 0.4) is 0 Å². The minimum Gasteiger partial charge on any atom is -0.507 e. The summed E-state index contributed by atoms with van der Waals surface area (Å²) in [5, 5.41) is 66.3. The van der Waals surface area contributed by atoms with E-state index in [0.29, 0.717) is 0 Å². The summed E-state index contributed by atoms with van der Waals surface area (Å²) in [4.78, 5) is 63.7. The number of rotatable bonds is 9. The van der Waals surface area contributed by atoms with Crippen molar-refractivity contribution in [3.8, 4) is 17.2 Å². The smallest absolute Gasteiger partial charge is 0.321 e. The van der Waals surface area contributed by atoms with E-state index in [-0.39, 0.29) is 34.4 Å². The van der Waals surface area contributed by atoms with Crippen molar-refractivity contribution in [2.45, 2.75) is 74.9 Å². The number of hydrogen-bond acceptors (Lipinski definition) is 14. The number of ether oxygens (including phenoxy) is 3. The summed E-state index contributed by atoms with van der Waals surface area (Å²) >= 11 is 0. The molecule has 5 rings (SSSR count). The van der Waals surface area contributed by atoms with E-state index in [1.165, 1.54) is 32.2 Å². The maximum Gasteiger partial charge on any atom is 0.321 e. The lowest BCUT2D eigenvalue weighted by Gasteiger charge is -2.43. The van der Waals surface area contributed by atoms with Crippen LogP contribution < -0.4 is 15.8 Å². The molecule has 0 unspecified atom stereocenters. The first-order valence-corrected chi connectivity index (χ1v) is 14.6. The quantitative estimate of drug-likeness (QED) is 0.128. The average molecular weight is 659 g/mol. The molecule has 7 atom stereocenters. The number of methoxy groups -OCH3 is 1. The van der Waals surface area contributed by atoms with Gasteiger partial charge in [-0.3, -0.25) is 24.0 Å². The number of aliphatic hydroxyl groups is 3. The Morgan fingerprint density at radius 1 is 1.13 bits per heavy atom. The molecule has 0 radical (unpaired) electrons. The van der Waals surface area contributed by atoms with Gasteiger partial charge in [0.15, 0.2) is 17.9 Å². The predicted molar refractivity (Wildman–Crippen MR) is 156 cm³/mol. The molecular weight excluding hydrogens is 624 g/mol. The van der Waals surface area contributed by atoms with E-state index in [1.54, 1.807) is 0 Å². The second-order valence-corrected chi connectivity index (χ2v) is 11.8. The number of benzene rings is 2. The number of carboxylic acids is 1. The first kappa shape index (κ1) is 33.9. The molecule has 0 saturated carbocycles. The molecule has 16 nitrogen and oxygen atoms in total. The molecular formula is C31H34N2O14. The van der Waals surface area contributed by atoms with Gasteiger partial charge in [-0.1, -0.05) is 12.1 Å². The molecule has 0 spiro atoms.